The Hall–Kier alpha value is -0.830. The first-order valence-electron chi connectivity index (χ1n) is 4.15. The summed E-state index contributed by atoms with van der Waals surface area (Å²) in [5.74, 6) is -0.779. The van der Waals surface area contributed by atoms with Gasteiger partial charge in [-0.3, -0.25) is 4.79 Å². The van der Waals surface area contributed by atoms with Gasteiger partial charge in [0.05, 0.1) is 18.6 Å². The summed E-state index contributed by atoms with van der Waals surface area (Å²) in [7, 11) is 0. The molecule has 1 N–H and O–H groups in total. The van der Waals surface area contributed by atoms with Gasteiger partial charge in [0.1, 0.15) is 0 Å². The van der Waals surface area contributed by atoms with Crippen LogP contribution in [0.3, 0.4) is 0 Å². The zero-order chi connectivity index (χ0) is 9.03. The average molecular weight is 170 g/mol. The summed E-state index contributed by atoms with van der Waals surface area (Å²) in [5, 5.41) is 8.61. The molecule has 12 heavy (non-hydrogen) atoms. The van der Waals surface area contributed by atoms with Crippen molar-refractivity contribution in [2.24, 2.45) is 0 Å². The van der Waals surface area contributed by atoms with Crippen molar-refractivity contribution in [2.45, 2.75) is 31.3 Å². The standard InChI is InChI=1S/C9H14O3/c1-2-6-12-9(4-3-5-9)7-8(10)11/h2H,1,3-7H2,(H,10,11). The van der Waals surface area contributed by atoms with Crippen LogP contribution in [-0.4, -0.2) is 23.3 Å². The molecule has 0 amide bonds. The van der Waals surface area contributed by atoms with E-state index in [1.807, 2.05) is 0 Å². The molecule has 0 aromatic heterocycles. The fraction of sp³-hybridized carbons (Fsp3) is 0.667. The SMILES string of the molecule is C=CCOC1(CC(=O)O)CCC1. The lowest BCUT2D eigenvalue weighted by Crippen LogP contribution is -2.42. The Labute approximate surface area is 72.0 Å². The predicted octanol–water partition coefficient (Wildman–Crippen LogP) is 1.59. The Bertz CT molecular complexity index is 182. The van der Waals surface area contributed by atoms with Gasteiger partial charge in [0.15, 0.2) is 0 Å². The third-order valence-electron chi connectivity index (χ3n) is 2.25. The molecule has 0 saturated heterocycles. The number of carboxylic acids is 1. The molecule has 0 aromatic carbocycles. The maximum Gasteiger partial charge on any atom is 0.306 e. The highest BCUT2D eigenvalue weighted by Crippen LogP contribution is 2.38. The first-order chi connectivity index (χ1) is 5.68. The van der Waals surface area contributed by atoms with Crippen LogP contribution in [0.15, 0.2) is 12.7 Å². The lowest BCUT2D eigenvalue weighted by atomic mass is 9.77. The Morgan fingerprint density at radius 1 is 1.67 bits per heavy atom. The minimum absolute atomic E-state index is 0.126. The number of carbonyl (C=O) groups is 1. The minimum atomic E-state index is -0.779. The lowest BCUT2D eigenvalue weighted by Gasteiger charge is -2.40. The van der Waals surface area contributed by atoms with Crippen molar-refractivity contribution in [3.05, 3.63) is 12.7 Å². The second kappa shape index (κ2) is 3.72. The minimum Gasteiger partial charge on any atom is -0.481 e. The summed E-state index contributed by atoms with van der Waals surface area (Å²) in [6.07, 6.45) is 4.59. The molecule has 1 saturated carbocycles. The lowest BCUT2D eigenvalue weighted by molar-refractivity contribution is -0.152. The van der Waals surface area contributed by atoms with Crippen LogP contribution in [0, 0.1) is 0 Å². The van der Waals surface area contributed by atoms with Gasteiger partial charge < -0.3 is 9.84 Å². The molecular weight excluding hydrogens is 156 g/mol. The number of ether oxygens (including phenoxy) is 1. The van der Waals surface area contributed by atoms with Gasteiger partial charge in [-0.1, -0.05) is 6.08 Å². The Morgan fingerprint density at radius 2 is 2.33 bits per heavy atom. The van der Waals surface area contributed by atoms with E-state index in [-0.39, 0.29) is 12.0 Å². The number of rotatable bonds is 5. The van der Waals surface area contributed by atoms with Crippen molar-refractivity contribution in [1.29, 1.82) is 0 Å². The van der Waals surface area contributed by atoms with Gasteiger partial charge in [-0.15, -0.1) is 6.58 Å². The van der Waals surface area contributed by atoms with Gasteiger partial charge in [0.25, 0.3) is 0 Å². The molecule has 1 aliphatic rings. The molecule has 0 atom stereocenters. The highest BCUT2D eigenvalue weighted by molar-refractivity contribution is 5.68. The summed E-state index contributed by atoms with van der Waals surface area (Å²) in [6, 6.07) is 0. The van der Waals surface area contributed by atoms with Crippen LogP contribution in [-0.2, 0) is 9.53 Å². The fourth-order valence-electron chi connectivity index (χ4n) is 1.45. The van der Waals surface area contributed by atoms with Gasteiger partial charge in [-0.05, 0) is 19.3 Å². The van der Waals surface area contributed by atoms with Gasteiger partial charge in [0.2, 0.25) is 0 Å². The second-order valence-corrected chi connectivity index (χ2v) is 3.21. The third-order valence-corrected chi connectivity index (χ3v) is 2.25. The molecule has 0 unspecified atom stereocenters. The largest absolute Gasteiger partial charge is 0.481 e. The van der Waals surface area contributed by atoms with Crippen LogP contribution in [0.2, 0.25) is 0 Å². The number of carboxylic acid groups (broad SMARTS) is 1. The normalized spacial score (nSPS) is 19.7. The van der Waals surface area contributed by atoms with E-state index >= 15 is 0 Å². The van der Waals surface area contributed by atoms with E-state index in [1.165, 1.54) is 0 Å². The Balaban J connectivity index is 2.39. The van der Waals surface area contributed by atoms with Crippen LogP contribution >= 0.6 is 0 Å². The van der Waals surface area contributed by atoms with Crippen LogP contribution in [0.1, 0.15) is 25.7 Å². The molecule has 1 aliphatic carbocycles. The van der Waals surface area contributed by atoms with E-state index in [9.17, 15) is 4.79 Å². The highest BCUT2D eigenvalue weighted by atomic mass is 16.5. The summed E-state index contributed by atoms with van der Waals surface area (Å²) in [6.45, 7) is 3.98. The topological polar surface area (TPSA) is 46.5 Å². The first kappa shape index (κ1) is 9.26. The summed E-state index contributed by atoms with van der Waals surface area (Å²) < 4.78 is 5.43. The van der Waals surface area contributed by atoms with Gasteiger partial charge in [-0.25, -0.2) is 0 Å². The molecule has 1 rings (SSSR count). The van der Waals surface area contributed by atoms with Gasteiger partial charge in [0, 0.05) is 0 Å². The zero-order valence-electron chi connectivity index (χ0n) is 7.08. The first-order valence-corrected chi connectivity index (χ1v) is 4.15. The van der Waals surface area contributed by atoms with E-state index in [1.54, 1.807) is 6.08 Å². The molecule has 1 fully saturated rings. The van der Waals surface area contributed by atoms with E-state index < -0.39 is 5.97 Å². The maximum atomic E-state index is 10.5. The van der Waals surface area contributed by atoms with Crippen LogP contribution in [0.4, 0.5) is 0 Å². The third kappa shape index (κ3) is 2.08. The average Bonchev–Trinajstić information content (AvgIpc) is 1.94. The second-order valence-electron chi connectivity index (χ2n) is 3.21. The van der Waals surface area contributed by atoms with Crippen molar-refractivity contribution in [2.75, 3.05) is 6.61 Å². The van der Waals surface area contributed by atoms with E-state index in [4.69, 9.17) is 9.84 Å². The van der Waals surface area contributed by atoms with Crippen molar-refractivity contribution in [1.82, 2.24) is 0 Å². The molecule has 68 valence electrons. The van der Waals surface area contributed by atoms with E-state index in [0.29, 0.717) is 6.61 Å². The van der Waals surface area contributed by atoms with Crippen LogP contribution in [0.5, 0.6) is 0 Å². The molecule has 0 bridgehead atoms. The molecular formula is C9H14O3. The summed E-state index contributed by atoms with van der Waals surface area (Å²) in [5.41, 5.74) is -0.375. The number of hydrogen-bond acceptors (Lipinski definition) is 2. The molecule has 0 radical (unpaired) electrons. The summed E-state index contributed by atoms with van der Waals surface area (Å²) in [4.78, 5) is 10.5. The van der Waals surface area contributed by atoms with Gasteiger partial charge >= 0.3 is 5.97 Å². The van der Waals surface area contributed by atoms with Gasteiger partial charge in [-0.2, -0.15) is 0 Å². The Morgan fingerprint density at radius 3 is 2.67 bits per heavy atom. The van der Waals surface area contributed by atoms with E-state index in [0.717, 1.165) is 19.3 Å². The molecule has 3 nitrogen and oxygen atoms in total. The predicted molar refractivity (Wildman–Crippen MR) is 45.0 cm³/mol. The molecule has 0 spiro atoms. The number of aliphatic carboxylic acids is 1. The van der Waals surface area contributed by atoms with Crippen molar-refractivity contribution in [3.63, 3.8) is 0 Å². The Kier molecular flexibility index (Phi) is 2.87. The highest BCUT2D eigenvalue weighted by Gasteiger charge is 2.39. The molecule has 0 heterocycles. The molecule has 0 aliphatic heterocycles. The number of hydrogen-bond donors (Lipinski definition) is 1. The molecule has 3 heteroatoms. The maximum absolute atomic E-state index is 10.5. The van der Waals surface area contributed by atoms with Crippen molar-refractivity contribution in [3.8, 4) is 0 Å². The van der Waals surface area contributed by atoms with Crippen LogP contribution in [0.25, 0.3) is 0 Å². The summed E-state index contributed by atoms with van der Waals surface area (Å²) >= 11 is 0. The quantitative estimate of drug-likeness (QED) is 0.637. The fourth-order valence-corrected chi connectivity index (χ4v) is 1.45. The van der Waals surface area contributed by atoms with Crippen molar-refractivity contribution < 1.29 is 14.6 Å². The smallest absolute Gasteiger partial charge is 0.306 e. The zero-order valence-corrected chi connectivity index (χ0v) is 7.08. The molecule has 0 aromatic rings. The van der Waals surface area contributed by atoms with Crippen molar-refractivity contribution >= 4 is 5.97 Å². The van der Waals surface area contributed by atoms with Crippen LogP contribution < -0.4 is 0 Å². The monoisotopic (exact) mass is 170 g/mol. The van der Waals surface area contributed by atoms with E-state index in [2.05, 4.69) is 6.58 Å².